The lowest BCUT2D eigenvalue weighted by atomic mass is 10.0. The molecule has 0 saturated carbocycles. The summed E-state index contributed by atoms with van der Waals surface area (Å²) < 4.78 is 5.29. The number of aromatic nitrogens is 1. The molecule has 3 aromatic rings. The van der Waals surface area contributed by atoms with Gasteiger partial charge in [0, 0.05) is 24.6 Å². The number of rotatable bonds is 6. The molecule has 1 amide bonds. The van der Waals surface area contributed by atoms with E-state index in [0.29, 0.717) is 6.42 Å². The molecule has 132 valence electrons. The standard InChI is InChI=1S/C22H22N2O2/c25-22-14-13-19(7-4-8-21-23-15-16-26-21)24(22)20-11-9-18(10-12-20)17-5-2-1-3-6-17/h1-3,5-6,9-12,15-16,19H,4,7-8,13-14H2/t19-/m1/s1. The first-order chi connectivity index (χ1) is 12.8. The summed E-state index contributed by atoms with van der Waals surface area (Å²) >= 11 is 0. The molecule has 4 nitrogen and oxygen atoms in total. The number of hydrogen-bond acceptors (Lipinski definition) is 3. The molecule has 1 aliphatic rings. The molecule has 0 spiro atoms. The van der Waals surface area contributed by atoms with Crippen molar-refractivity contribution in [3.8, 4) is 11.1 Å². The van der Waals surface area contributed by atoms with Crippen molar-refractivity contribution in [3.63, 3.8) is 0 Å². The first-order valence-corrected chi connectivity index (χ1v) is 9.17. The number of oxazole rings is 1. The molecule has 2 heterocycles. The maximum atomic E-state index is 12.4. The Morgan fingerprint density at radius 1 is 1.04 bits per heavy atom. The van der Waals surface area contributed by atoms with Gasteiger partial charge in [-0.05, 0) is 42.5 Å². The fraction of sp³-hybridized carbons (Fsp3) is 0.273. The van der Waals surface area contributed by atoms with Crippen molar-refractivity contribution in [1.82, 2.24) is 4.98 Å². The van der Waals surface area contributed by atoms with Crippen LogP contribution in [0, 0.1) is 0 Å². The van der Waals surface area contributed by atoms with Crippen LogP contribution in [-0.4, -0.2) is 16.9 Å². The van der Waals surface area contributed by atoms with Crippen LogP contribution in [-0.2, 0) is 11.2 Å². The van der Waals surface area contributed by atoms with Gasteiger partial charge in [-0.3, -0.25) is 4.79 Å². The maximum Gasteiger partial charge on any atom is 0.227 e. The molecule has 1 fully saturated rings. The minimum absolute atomic E-state index is 0.221. The Hall–Kier alpha value is -2.88. The van der Waals surface area contributed by atoms with Crippen molar-refractivity contribution < 1.29 is 9.21 Å². The summed E-state index contributed by atoms with van der Waals surface area (Å²) in [5.41, 5.74) is 3.35. The van der Waals surface area contributed by atoms with Gasteiger partial charge in [0.25, 0.3) is 0 Å². The highest BCUT2D eigenvalue weighted by Crippen LogP contribution is 2.31. The second-order valence-corrected chi connectivity index (χ2v) is 6.69. The molecule has 0 aliphatic carbocycles. The normalized spacial score (nSPS) is 17.0. The molecule has 1 atom stereocenters. The van der Waals surface area contributed by atoms with E-state index in [0.717, 1.165) is 37.3 Å². The fourth-order valence-electron chi connectivity index (χ4n) is 3.68. The van der Waals surface area contributed by atoms with E-state index in [-0.39, 0.29) is 11.9 Å². The van der Waals surface area contributed by atoms with Crippen LogP contribution in [0.25, 0.3) is 11.1 Å². The van der Waals surface area contributed by atoms with Gasteiger partial charge in [0.2, 0.25) is 5.91 Å². The topological polar surface area (TPSA) is 46.3 Å². The molecule has 0 bridgehead atoms. The average Bonchev–Trinajstić information content (AvgIpc) is 3.33. The molecule has 4 heteroatoms. The van der Waals surface area contributed by atoms with E-state index < -0.39 is 0 Å². The maximum absolute atomic E-state index is 12.4. The van der Waals surface area contributed by atoms with Gasteiger partial charge in [0.1, 0.15) is 6.26 Å². The van der Waals surface area contributed by atoms with Crippen molar-refractivity contribution in [3.05, 3.63) is 72.9 Å². The molecule has 4 rings (SSSR count). The molecule has 1 aliphatic heterocycles. The van der Waals surface area contributed by atoms with E-state index in [2.05, 4.69) is 41.4 Å². The Kier molecular flexibility index (Phi) is 4.82. The van der Waals surface area contributed by atoms with Crippen LogP contribution >= 0.6 is 0 Å². The number of carbonyl (C=O) groups is 1. The van der Waals surface area contributed by atoms with Crippen molar-refractivity contribution in [1.29, 1.82) is 0 Å². The van der Waals surface area contributed by atoms with Crippen LogP contribution in [0.2, 0.25) is 0 Å². The van der Waals surface area contributed by atoms with E-state index in [4.69, 9.17) is 4.42 Å². The van der Waals surface area contributed by atoms with Crippen LogP contribution in [0.15, 0.2) is 71.5 Å². The molecule has 26 heavy (non-hydrogen) atoms. The molecule has 1 saturated heterocycles. The Morgan fingerprint density at radius 2 is 1.81 bits per heavy atom. The summed E-state index contributed by atoms with van der Waals surface area (Å²) in [6.45, 7) is 0. The van der Waals surface area contributed by atoms with Gasteiger partial charge in [-0.15, -0.1) is 0 Å². The van der Waals surface area contributed by atoms with Crippen molar-refractivity contribution in [2.75, 3.05) is 4.90 Å². The molecule has 0 unspecified atom stereocenters. The lowest BCUT2D eigenvalue weighted by Gasteiger charge is -2.25. The third-order valence-corrected chi connectivity index (χ3v) is 4.99. The Morgan fingerprint density at radius 3 is 2.54 bits per heavy atom. The summed E-state index contributed by atoms with van der Waals surface area (Å²) in [6, 6.07) is 18.9. The summed E-state index contributed by atoms with van der Waals surface area (Å²) in [5.74, 6) is 0.992. The van der Waals surface area contributed by atoms with Gasteiger partial charge in [-0.1, -0.05) is 42.5 Å². The smallest absolute Gasteiger partial charge is 0.227 e. The number of aryl methyl sites for hydroxylation is 1. The van der Waals surface area contributed by atoms with Gasteiger partial charge in [0.15, 0.2) is 5.89 Å². The van der Waals surface area contributed by atoms with E-state index in [1.54, 1.807) is 12.5 Å². The summed E-state index contributed by atoms with van der Waals surface area (Å²) in [5, 5.41) is 0. The Balaban J connectivity index is 1.44. The van der Waals surface area contributed by atoms with Gasteiger partial charge in [-0.25, -0.2) is 4.98 Å². The van der Waals surface area contributed by atoms with Crippen LogP contribution < -0.4 is 4.90 Å². The van der Waals surface area contributed by atoms with E-state index >= 15 is 0 Å². The zero-order chi connectivity index (χ0) is 17.8. The zero-order valence-electron chi connectivity index (χ0n) is 14.7. The van der Waals surface area contributed by atoms with Crippen LogP contribution in [0.1, 0.15) is 31.6 Å². The number of benzene rings is 2. The second-order valence-electron chi connectivity index (χ2n) is 6.69. The quantitative estimate of drug-likeness (QED) is 0.640. The van der Waals surface area contributed by atoms with Crippen LogP contribution in [0.3, 0.4) is 0 Å². The highest BCUT2D eigenvalue weighted by atomic mass is 16.3. The highest BCUT2D eigenvalue weighted by Gasteiger charge is 2.31. The highest BCUT2D eigenvalue weighted by molar-refractivity contribution is 5.96. The third-order valence-electron chi connectivity index (χ3n) is 4.99. The number of carbonyl (C=O) groups excluding carboxylic acids is 1. The van der Waals surface area contributed by atoms with Gasteiger partial charge in [-0.2, -0.15) is 0 Å². The average molecular weight is 346 g/mol. The predicted molar refractivity (Wildman–Crippen MR) is 102 cm³/mol. The first kappa shape index (κ1) is 16.6. The Labute approximate surface area is 153 Å². The van der Waals surface area contributed by atoms with E-state index in [1.807, 2.05) is 23.1 Å². The summed E-state index contributed by atoms with van der Waals surface area (Å²) in [7, 11) is 0. The number of amides is 1. The van der Waals surface area contributed by atoms with Crippen LogP contribution in [0.4, 0.5) is 5.69 Å². The van der Waals surface area contributed by atoms with Crippen LogP contribution in [0.5, 0.6) is 0 Å². The number of anilines is 1. The predicted octanol–water partition coefficient (Wildman–Crippen LogP) is 4.86. The molecule has 2 aromatic carbocycles. The lowest BCUT2D eigenvalue weighted by Crippen LogP contribution is -2.32. The number of hydrogen-bond donors (Lipinski definition) is 0. The molecule has 0 radical (unpaired) electrons. The van der Waals surface area contributed by atoms with Gasteiger partial charge in [0.05, 0.1) is 6.20 Å². The van der Waals surface area contributed by atoms with Crippen molar-refractivity contribution in [2.45, 2.75) is 38.1 Å². The molecular formula is C22H22N2O2. The largest absolute Gasteiger partial charge is 0.449 e. The number of nitrogens with zero attached hydrogens (tertiary/aromatic N) is 2. The lowest BCUT2D eigenvalue weighted by molar-refractivity contribution is -0.117. The minimum Gasteiger partial charge on any atom is -0.449 e. The zero-order valence-corrected chi connectivity index (χ0v) is 14.7. The van der Waals surface area contributed by atoms with E-state index in [9.17, 15) is 4.79 Å². The SMILES string of the molecule is O=C1CC[C@@H](CCCc2ncco2)N1c1ccc(-c2ccccc2)cc1. The summed E-state index contributed by atoms with van der Waals surface area (Å²) in [4.78, 5) is 18.6. The molecule has 1 aromatic heterocycles. The summed E-state index contributed by atoms with van der Waals surface area (Å²) in [6.07, 6.45) is 7.59. The molecular weight excluding hydrogens is 324 g/mol. The Bertz CT molecular complexity index is 842. The van der Waals surface area contributed by atoms with Gasteiger partial charge < -0.3 is 9.32 Å². The van der Waals surface area contributed by atoms with Crippen molar-refractivity contribution in [2.24, 2.45) is 0 Å². The van der Waals surface area contributed by atoms with E-state index in [1.165, 1.54) is 11.1 Å². The van der Waals surface area contributed by atoms with Crippen molar-refractivity contribution >= 4 is 11.6 Å². The fourth-order valence-corrected chi connectivity index (χ4v) is 3.68. The second kappa shape index (κ2) is 7.56. The molecule has 0 N–H and O–H groups in total. The minimum atomic E-state index is 0.221. The van der Waals surface area contributed by atoms with Gasteiger partial charge >= 0.3 is 0 Å². The first-order valence-electron chi connectivity index (χ1n) is 9.17. The monoisotopic (exact) mass is 346 g/mol. The third kappa shape index (κ3) is 3.54.